The van der Waals surface area contributed by atoms with Gasteiger partial charge in [0, 0.05) is 12.6 Å². The van der Waals surface area contributed by atoms with E-state index in [0.29, 0.717) is 6.29 Å². The molecule has 68 valence electrons. The minimum atomic E-state index is -0.684. The van der Waals surface area contributed by atoms with Gasteiger partial charge >= 0.3 is 0 Å². The Labute approximate surface area is 74.6 Å². The molecule has 0 spiro atoms. The highest BCUT2D eigenvalue weighted by molar-refractivity contribution is 5.94. The normalized spacial score (nSPS) is 9.38. The van der Waals surface area contributed by atoms with Crippen LogP contribution in [-0.4, -0.2) is 19.2 Å². The summed E-state index contributed by atoms with van der Waals surface area (Å²) in [5.74, 6) is -1.06. The van der Waals surface area contributed by atoms with Crippen LogP contribution in [0.5, 0.6) is 0 Å². The Morgan fingerprint density at radius 3 is 2.69 bits per heavy atom. The summed E-state index contributed by atoms with van der Waals surface area (Å²) in [5, 5.41) is 2.35. The van der Waals surface area contributed by atoms with E-state index in [2.05, 4.69) is 5.32 Å². The van der Waals surface area contributed by atoms with Gasteiger partial charge in [0.25, 0.3) is 5.91 Å². The van der Waals surface area contributed by atoms with Crippen molar-refractivity contribution in [2.45, 2.75) is 0 Å². The van der Waals surface area contributed by atoms with Crippen molar-refractivity contribution in [1.82, 2.24) is 5.32 Å². The zero-order chi connectivity index (χ0) is 9.84. The van der Waals surface area contributed by atoms with Crippen molar-refractivity contribution in [3.05, 3.63) is 35.1 Å². The van der Waals surface area contributed by atoms with Gasteiger partial charge in [-0.15, -0.1) is 0 Å². The molecule has 1 amide bonds. The zero-order valence-electron chi connectivity index (χ0n) is 7.00. The van der Waals surface area contributed by atoms with Gasteiger partial charge in [0.1, 0.15) is 5.82 Å². The summed E-state index contributed by atoms with van der Waals surface area (Å²) in [7, 11) is 1.45. The number of carbonyl (C=O) groups excluding carboxylic acids is 2. The van der Waals surface area contributed by atoms with Gasteiger partial charge < -0.3 is 5.32 Å². The highest BCUT2D eigenvalue weighted by Gasteiger charge is 2.06. The van der Waals surface area contributed by atoms with Crippen molar-refractivity contribution in [2.75, 3.05) is 7.05 Å². The fourth-order valence-corrected chi connectivity index (χ4v) is 0.908. The molecule has 0 aliphatic rings. The van der Waals surface area contributed by atoms with Crippen LogP contribution in [0, 0.1) is 5.82 Å². The summed E-state index contributed by atoms with van der Waals surface area (Å²) < 4.78 is 12.9. The summed E-state index contributed by atoms with van der Waals surface area (Å²) in [6.45, 7) is 0. The number of carbonyl (C=O) groups is 2. The molecular formula is C9H8FNO2. The van der Waals surface area contributed by atoms with E-state index in [1.807, 2.05) is 0 Å². The van der Waals surface area contributed by atoms with E-state index in [1.54, 1.807) is 0 Å². The summed E-state index contributed by atoms with van der Waals surface area (Å²) >= 11 is 0. The SMILES string of the molecule is CNC(=O)c1ccc(C=O)c(F)c1. The largest absolute Gasteiger partial charge is 0.355 e. The fourth-order valence-electron chi connectivity index (χ4n) is 0.908. The van der Waals surface area contributed by atoms with Gasteiger partial charge in [0.15, 0.2) is 6.29 Å². The predicted octanol–water partition coefficient (Wildman–Crippen LogP) is 0.998. The van der Waals surface area contributed by atoms with Gasteiger partial charge in [-0.3, -0.25) is 9.59 Å². The molecule has 0 heterocycles. The van der Waals surface area contributed by atoms with Gasteiger partial charge in [0.05, 0.1) is 5.56 Å². The van der Waals surface area contributed by atoms with Gasteiger partial charge in [0.2, 0.25) is 0 Å². The van der Waals surface area contributed by atoms with Crippen LogP contribution in [0.2, 0.25) is 0 Å². The molecule has 0 unspecified atom stereocenters. The Hall–Kier alpha value is -1.71. The summed E-state index contributed by atoms with van der Waals surface area (Å²) in [5.41, 5.74) is 0.151. The fraction of sp³-hybridized carbons (Fsp3) is 0.111. The summed E-state index contributed by atoms with van der Waals surface area (Å²) in [6, 6.07) is 3.70. The van der Waals surface area contributed by atoms with Gasteiger partial charge in [-0.25, -0.2) is 4.39 Å². The molecular weight excluding hydrogens is 173 g/mol. The van der Waals surface area contributed by atoms with Crippen LogP contribution in [0.25, 0.3) is 0 Å². The molecule has 0 bridgehead atoms. The average Bonchev–Trinajstić information content (AvgIpc) is 2.16. The zero-order valence-corrected chi connectivity index (χ0v) is 7.00. The van der Waals surface area contributed by atoms with Crippen LogP contribution >= 0.6 is 0 Å². The number of halogens is 1. The maximum Gasteiger partial charge on any atom is 0.251 e. The highest BCUT2D eigenvalue weighted by Crippen LogP contribution is 2.08. The number of amides is 1. The standard InChI is InChI=1S/C9H8FNO2/c1-11-9(13)6-2-3-7(5-12)8(10)4-6/h2-5H,1H3,(H,11,13). The summed E-state index contributed by atoms with van der Waals surface area (Å²) in [4.78, 5) is 21.2. The van der Waals surface area contributed by atoms with Gasteiger partial charge in [-0.1, -0.05) is 0 Å². The van der Waals surface area contributed by atoms with Crippen molar-refractivity contribution in [2.24, 2.45) is 0 Å². The van der Waals surface area contributed by atoms with Crippen molar-refractivity contribution in [3.63, 3.8) is 0 Å². The smallest absolute Gasteiger partial charge is 0.251 e. The molecule has 0 atom stereocenters. The van der Waals surface area contributed by atoms with Gasteiger partial charge in [-0.05, 0) is 18.2 Å². The number of hydrogen-bond donors (Lipinski definition) is 1. The second kappa shape index (κ2) is 3.80. The first-order valence-corrected chi connectivity index (χ1v) is 3.66. The molecule has 0 saturated heterocycles. The molecule has 0 aromatic heterocycles. The van der Waals surface area contributed by atoms with Crippen LogP contribution in [0.1, 0.15) is 20.7 Å². The minimum Gasteiger partial charge on any atom is -0.355 e. The van der Waals surface area contributed by atoms with Crippen molar-refractivity contribution in [3.8, 4) is 0 Å². The third-order valence-corrected chi connectivity index (χ3v) is 1.62. The predicted molar refractivity (Wildman–Crippen MR) is 45.2 cm³/mol. The second-order valence-corrected chi connectivity index (χ2v) is 2.43. The van der Waals surface area contributed by atoms with E-state index in [0.717, 1.165) is 6.07 Å². The molecule has 4 heteroatoms. The molecule has 0 radical (unpaired) electrons. The molecule has 0 aliphatic heterocycles. The van der Waals surface area contributed by atoms with Crippen LogP contribution in [0.15, 0.2) is 18.2 Å². The lowest BCUT2D eigenvalue weighted by Gasteiger charge is -2.00. The lowest BCUT2D eigenvalue weighted by molar-refractivity contribution is 0.0961. The Balaban J connectivity index is 3.09. The first-order chi connectivity index (χ1) is 6.19. The van der Waals surface area contributed by atoms with Crippen molar-refractivity contribution >= 4 is 12.2 Å². The van der Waals surface area contributed by atoms with Crippen LogP contribution in [0.4, 0.5) is 4.39 Å². The third kappa shape index (κ3) is 1.90. The molecule has 0 saturated carbocycles. The van der Waals surface area contributed by atoms with Crippen LogP contribution in [0.3, 0.4) is 0 Å². The Morgan fingerprint density at radius 1 is 1.54 bits per heavy atom. The van der Waals surface area contributed by atoms with Crippen LogP contribution in [-0.2, 0) is 0 Å². The lowest BCUT2D eigenvalue weighted by atomic mass is 10.1. The van der Waals surface area contributed by atoms with E-state index >= 15 is 0 Å². The van der Waals surface area contributed by atoms with E-state index in [1.165, 1.54) is 19.2 Å². The third-order valence-electron chi connectivity index (χ3n) is 1.62. The minimum absolute atomic E-state index is 0.0485. The van der Waals surface area contributed by atoms with Crippen molar-refractivity contribution < 1.29 is 14.0 Å². The monoisotopic (exact) mass is 181 g/mol. The first kappa shape index (κ1) is 9.38. The molecule has 1 aromatic carbocycles. The Bertz CT molecular complexity index is 349. The Kier molecular flexibility index (Phi) is 2.74. The molecule has 0 fully saturated rings. The van der Waals surface area contributed by atoms with Crippen LogP contribution < -0.4 is 5.32 Å². The number of nitrogens with one attached hydrogen (secondary N) is 1. The number of rotatable bonds is 2. The molecule has 1 aromatic rings. The highest BCUT2D eigenvalue weighted by atomic mass is 19.1. The second-order valence-electron chi connectivity index (χ2n) is 2.43. The maximum atomic E-state index is 12.9. The molecule has 1 N–H and O–H groups in total. The molecule has 3 nitrogen and oxygen atoms in total. The quantitative estimate of drug-likeness (QED) is 0.692. The molecule has 13 heavy (non-hydrogen) atoms. The number of aldehydes is 1. The average molecular weight is 181 g/mol. The van der Waals surface area contributed by atoms with E-state index in [4.69, 9.17) is 0 Å². The number of hydrogen-bond acceptors (Lipinski definition) is 2. The van der Waals surface area contributed by atoms with E-state index in [-0.39, 0.29) is 17.0 Å². The van der Waals surface area contributed by atoms with Gasteiger partial charge in [-0.2, -0.15) is 0 Å². The summed E-state index contributed by atoms with van der Waals surface area (Å²) in [6.07, 6.45) is 0.406. The number of benzene rings is 1. The van der Waals surface area contributed by atoms with Crippen molar-refractivity contribution in [1.29, 1.82) is 0 Å². The molecule has 1 rings (SSSR count). The van der Waals surface area contributed by atoms with E-state index < -0.39 is 5.82 Å². The van der Waals surface area contributed by atoms with E-state index in [9.17, 15) is 14.0 Å². The molecule has 0 aliphatic carbocycles. The maximum absolute atomic E-state index is 12.9. The Morgan fingerprint density at radius 2 is 2.23 bits per heavy atom. The topological polar surface area (TPSA) is 46.2 Å². The lowest BCUT2D eigenvalue weighted by Crippen LogP contribution is -2.17. The first-order valence-electron chi connectivity index (χ1n) is 3.66.